The number of carbonyl (C=O) groups excluding carboxylic acids is 1. The molecule has 0 unspecified atom stereocenters. The van der Waals surface area contributed by atoms with Crippen LogP contribution in [0, 0.1) is 11.6 Å². The van der Waals surface area contributed by atoms with Crippen LogP contribution in [0.1, 0.15) is 10.4 Å². The van der Waals surface area contributed by atoms with E-state index in [1.54, 1.807) is 0 Å². The van der Waals surface area contributed by atoms with Crippen LogP contribution in [0.2, 0.25) is 0 Å². The van der Waals surface area contributed by atoms with E-state index in [4.69, 9.17) is 0 Å². The summed E-state index contributed by atoms with van der Waals surface area (Å²) in [5.74, 6) is -1.38. The van der Waals surface area contributed by atoms with E-state index in [0.717, 1.165) is 15.4 Å². The van der Waals surface area contributed by atoms with E-state index in [0.29, 0.717) is 5.56 Å². The molecule has 0 fully saturated rings. The highest BCUT2D eigenvalue weighted by Gasteiger charge is 2.10. The molecule has 2 aromatic rings. The minimum Gasteiger partial charge on any atom is -0.299 e. The molecule has 1 aromatic carbocycles. The SMILES string of the molecule is O=C(Cc1cc(F)cc(F)c1)Cc1sccc1Br. The molecule has 0 aliphatic heterocycles. The van der Waals surface area contributed by atoms with Crippen LogP contribution in [-0.2, 0) is 17.6 Å². The molecule has 0 aliphatic carbocycles. The number of thiophene rings is 1. The Morgan fingerprint density at radius 3 is 2.39 bits per heavy atom. The van der Waals surface area contributed by atoms with Crippen molar-refractivity contribution in [1.82, 2.24) is 0 Å². The second-order valence-electron chi connectivity index (χ2n) is 3.86. The van der Waals surface area contributed by atoms with Crippen molar-refractivity contribution in [3.8, 4) is 0 Å². The largest absolute Gasteiger partial charge is 0.299 e. The van der Waals surface area contributed by atoms with Crippen LogP contribution in [-0.4, -0.2) is 5.78 Å². The first kappa shape index (κ1) is 13.4. The number of Topliss-reactive ketones (excluding diaryl/α,β-unsaturated/α-hetero) is 1. The third kappa shape index (κ3) is 3.46. The first-order chi connectivity index (χ1) is 8.54. The minimum atomic E-state index is -0.657. The summed E-state index contributed by atoms with van der Waals surface area (Å²) in [6.45, 7) is 0. The van der Waals surface area contributed by atoms with Crippen molar-refractivity contribution in [3.63, 3.8) is 0 Å². The maximum absolute atomic E-state index is 13.0. The molecule has 0 radical (unpaired) electrons. The van der Waals surface area contributed by atoms with E-state index in [9.17, 15) is 13.6 Å². The van der Waals surface area contributed by atoms with Gasteiger partial charge in [-0.3, -0.25) is 4.79 Å². The summed E-state index contributed by atoms with van der Waals surface area (Å²) >= 11 is 4.82. The molecule has 0 atom stereocenters. The molecule has 0 aliphatic rings. The number of hydrogen-bond donors (Lipinski definition) is 0. The Hall–Kier alpha value is -1.07. The second-order valence-corrected chi connectivity index (χ2v) is 5.72. The predicted molar refractivity (Wildman–Crippen MR) is 70.8 cm³/mol. The third-order valence-electron chi connectivity index (χ3n) is 2.37. The number of rotatable bonds is 4. The lowest BCUT2D eigenvalue weighted by atomic mass is 10.1. The zero-order chi connectivity index (χ0) is 13.1. The molecule has 0 saturated carbocycles. The number of hydrogen-bond acceptors (Lipinski definition) is 2. The molecule has 1 nitrogen and oxygen atoms in total. The molecular formula is C13H9BrF2OS. The van der Waals surface area contributed by atoms with Gasteiger partial charge in [-0.25, -0.2) is 8.78 Å². The zero-order valence-corrected chi connectivity index (χ0v) is 11.7. The molecule has 2 rings (SSSR count). The van der Waals surface area contributed by atoms with Crippen LogP contribution in [0.15, 0.2) is 34.1 Å². The molecule has 0 bridgehead atoms. The average Bonchev–Trinajstić information content (AvgIpc) is 2.62. The van der Waals surface area contributed by atoms with Gasteiger partial charge in [0.2, 0.25) is 0 Å². The Bertz CT molecular complexity index is 560. The normalized spacial score (nSPS) is 10.6. The second kappa shape index (κ2) is 5.71. The Kier molecular flexibility index (Phi) is 4.24. The van der Waals surface area contributed by atoms with Crippen molar-refractivity contribution in [2.45, 2.75) is 12.8 Å². The molecule has 94 valence electrons. The zero-order valence-electron chi connectivity index (χ0n) is 9.25. The Morgan fingerprint density at radius 1 is 1.17 bits per heavy atom. The smallest absolute Gasteiger partial charge is 0.142 e. The fourth-order valence-corrected chi connectivity index (χ4v) is 3.15. The van der Waals surface area contributed by atoms with Crippen LogP contribution in [0.5, 0.6) is 0 Å². The van der Waals surface area contributed by atoms with Gasteiger partial charge in [0.25, 0.3) is 0 Å². The van der Waals surface area contributed by atoms with Gasteiger partial charge < -0.3 is 0 Å². The predicted octanol–water partition coefficient (Wildman–Crippen LogP) is 4.14. The monoisotopic (exact) mass is 330 g/mol. The van der Waals surface area contributed by atoms with Crippen LogP contribution in [0.4, 0.5) is 8.78 Å². The van der Waals surface area contributed by atoms with E-state index in [-0.39, 0.29) is 18.6 Å². The van der Waals surface area contributed by atoms with E-state index < -0.39 is 11.6 Å². The van der Waals surface area contributed by atoms with Crippen molar-refractivity contribution >= 4 is 33.0 Å². The molecule has 0 spiro atoms. The van der Waals surface area contributed by atoms with Gasteiger partial charge in [0.1, 0.15) is 17.4 Å². The quantitative estimate of drug-likeness (QED) is 0.823. The van der Waals surface area contributed by atoms with Gasteiger partial charge in [-0.15, -0.1) is 11.3 Å². The van der Waals surface area contributed by atoms with Crippen molar-refractivity contribution < 1.29 is 13.6 Å². The number of halogens is 3. The Balaban J connectivity index is 2.05. The lowest BCUT2D eigenvalue weighted by Crippen LogP contribution is -2.06. The number of ketones is 1. The fraction of sp³-hybridized carbons (Fsp3) is 0.154. The average molecular weight is 331 g/mol. The minimum absolute atomic E-state index is 0.0407. The van der Waals surface area contributed by atoms with Crippen LogP contribution in [0.3, 0.4) is 0 Å². The summed E-state index contributed by atoms with van der Waals surface area (Å²) in [4.78, 5) is 12.7. The van der Waals surface area contributed by atoms with Crippen molar-refractivity contribution in [3.05, 3.63) is 56.2 Å². The van der Waals surface area contributed by atoms with Crippen LogP contribution >= 0.6 is 27.3 Å². The van der Waals surface area contributed by atoms with Crippen LogP contribution < -0.4 is 0 Å². The molecule has 5 heteroatoms. The molecular weight excluding hydrogens is 322 g/mol. The molecule has 0 amide bonds. The summed E-state index contributed by atoms with van der Waals surface area (Å²) in [5, 5.41) is 1.88. The highest BCUT2D eigenvalue weighted by Crippen LogP contribution is 2.23. The standard InChI is InChI=1S/C13H9BrF2OS/c14-12-1-2-18-13(12)7-11(17)5-8-3-9(15)6-10(16)4-8/h1-4,6H,5,7H2. The van der Waals surface area contributed by atoms with Crippen molar-refractivity contribution in [2.24, 2.45) is 0 Å². The van der Waals surface area contributed by atoms with E-state index in [2.05, 4.69) is 15.9 Å². The summed E-state index contributed by atoms with van der Waals surface area (Å²) in [5.41, 5.74) is 0.366. The van der Waals surface area contributed by atoms with Gasteiger partial charge in [-0.05, 0) is 45.1 Å². The maximum Gasteiger partial charge on any atom is 0.142 e. The van der Waals surface area contributed by atoms with Gasteiger partial charge >= 0.3 is 0 Å². The van der Waals surface area contributed by atoms with E-state index in [1.807, 2.05) is 11.4 Å². The molecule has 1 aromatic heterocycles. The van der Waals surface area contributed by atoms with E-state index in [1.165, 1.54) is 23.5 Å². The third-order valence-corrected chi connectivity index (χ3v) is 4.30. The first-order valence-corrected chi connectivity index (χ1v) is 6.90. The first-order valence-electron chi connectivity index (χ1n) is 5.23. The number of benzene rings is 1. The van der Waals surface area contributed by atoms with Crippen molar-refractivity contribution in [1.29, 1.82) is 0 Å². The Morgan fingerprint density at radius 2 is 1.83 bits per heavy atom. The highest BCUT2D eigenvalue weighted by molar-refractivity contribution is 9.10. The maximum atomic E-state index is 13.0. The molecule has 1 heterocycles. The van der Waals surface area contributed by atoms with Gasteiger partial charge in [0.15, 0.2) is 0 Å². The Labute approximate surface area is 116 Å². The van der Waals surface area contributed by atoms with Crippen molar-refractivity contribution in [2.75, 3.05) is 0 Å². The summed E-state index contributed by atoms with van der Waals surface area (Å²) in [7, 11) is 0. The fourth-order valence-electron chi connectivity index (χ4n) is 1.63. The highest BCUT2D eigenvalue weighted by atomic mass is 79.9. The molecule has 18 heavy (non-hydrogen) atoms. The summed E-state index contributed by atoms with van der Waals surface area (Å²) in [6.07, 6.45) is 0.315. The lowest BCUT2D eigenvalue weighted by Gasteiger charge is -2.02. The van der Waals surface area contributed by atoms with E-state index >= 15 is 0 Å². The van der Waals surface area contributed by atoms with Gasteiger partial charge in [0, 0.05) is 28.3 Å². The molecule has 0 saturated heterocycles. The lowest BCUT2D eigenvalue weighted by molar-refractivity contribution is -0.117. The van der Waals surface area contributed by atoms with Gasteiger partial charge in [-0.2, -0.15) is 0 Å². The topological polar surface area (TPSA) is 17.1 Å². The molecule has 0 N–H and O–H groups in total. The van der Waals surface area contributed by atoms with Gasteiger partial charge in [0.05, 0.1) is 0 Å². The number of carbonyl (C=O) groups is 1. The van der Waals surface area contributed by atoms with Crippen LogP contribution in [0.25, 0.3) is 0 Å². The summed E-state index contributed by atoms with van der Waals surface area (Å²) in [6, 6.07) is 5.04. The summed E-state index contributed by atoms with van der Waals surface area (Å²) < 4.78 is 26.8. The van der Waals surface area contributed by atoms with Gasteiger partial charge in [-0.1, -0.05) is 0 Å².